The number of fused-ring (bicyclic) bond motifs is 1. The van der Waals surface area contributed by atoms with E-state index in [1.165, 1.54) is 12.1 Å². The molecule has 3 aromatic rings. The van der Waals surface area contributed by atoms with Crippen molar-refractivity contribution >= 4 is 22.6 Å². The fourth-order valence-corrected chi connectivity index (χ4v) is 3.63. The van der Waals surface area contributed by atoms with Crippen LogP contribution in [0.5, 0.6) is 0 Å². The Balaban J connectivity index is 1.46. The topological polar surface area (TPSA) is 70.2 Å². The van der Waals surface area contributed by atoms with Gasteiger partial charge in [0.2, 0.25) is 5.91 Å². The normalized spacial score (nSPS) is 14.4. The van der Waals surface area contributed by atoms with Gasteiger partial charge in [-0.25, -0.2) is 9.37 Å². The van der Waals surface area contributed by atoms with Crippen molar-refractivity contribution in [3.63, 3.8) is 0 Å². The van der Waals surface area contributed by atoms with Gasteiger partial charge in [-0.3, -0.25) is 4.79 Å². The van der Waals surface area contributed by atoms with Gasteiger partial charge in [0, 0.05) is 48.0 Å². The molecule has 3 heterocycles. The third-order valence-corrected chi connectivity index (χ3v) is 5.07. The first-order valence-electron chi connectivity index (χ1n) is 9.42. The SMILES string of the molecule is Cc1[nH]c2ccc(F)cc2c1CC(=O)NCc1cccnc1N1CCOCC1. The number of morpholine rings is 1. The summed E-state index contributed by atoms with van der Waals surface area (Å²) in [5.41, 5.74) is 3.51. The first-order valence-corrected chi connectivity index (χ1v) is 9.42. The van der Waals surface area contributed by atoms with Crippen LogP contribution in [-0.2, 0) is 22.5 Å². The second-order valence-corrected chi connectivity index (χ2v) is 6.96. The fraction of sp³-hybridized carbons (Fsp3) is 0.333. The highest BCUT2D eigenvalue weighted by atomic mass is 19.1. The molecule has 0 radical (unpaired) electrons. The van der Waals surface area contributed by atoms with Gasteiger partial charge >= 0.3 is 0 Å². The molecule has 1 aliphatic heterocycles. The Hall–Kier alpha value is -2.93. The molecule has 1 amide bonds. The number of nitrogens with zero attached hydrogens (tertiary/aromatic N) is 2. The highest BCUT2D eigenvalue weighted by molar-refractivity contribution is 5.90. The summed E-state index contributed by atoms with van der Waals surface area (Å²) in [5.74, 6) is 0.472. The summed E-state index contributed by atoms with van der Waals surface area (Å²) in [4.78, 5) is 22.5. The van der Waals surface area contributed by atoms with Gasteiger partial charge in [0.05, 0.1) is 19.6 Å². The molecular formula is C21H23FN4O2. The number of aromatic amines is 1. The lowest BCUT2D eigenvalue weighted by atomic mass is 10.1. The summed E-state index contributed by atoms with van der Waals surface area (Å²) in [6.07, 6.45) is 1.96. The van der Waals surface area contributed by atoms with Crippen LogP contribution < -0.4 is 10.2 Å². The molecule has 7 heteroatoms. The number of H-pyrrole nitrogens is 1. The van der Waals surface area contributed by atoms with Gasteiger partial charge in [0.15, 0.2) is 0 Å². The molecule has 0 bridgehead atoms. The number of carbonyl (C=O) groups is 1. The van der Waals surface area contributed by atoms with Crippen molar-refractivity contribution in [3.05, 3.63) is 59.2 Å². The minimum Gasteiger partial charge on any atom is -0.378 e. The number of pyridine rings is 1. The number of anilines is 1. The van der Waals surface area contributed by atoms with Gasteiger partial charge in [-0.05, 0) is 36.8 Å². The second kappa shape index (κ2) is 7.98. The average molecular weight is 382 g/mol. The van der Waals surface area contributed by atoms with Crippen LogP contribution in [0, 0.1) is 12.7 Å². The molecule has 0 saturated carbocycles. The number of amides is 1. The molecule has 6 nitrogen and oxygen atoms in total. The van der Waals surface area contributed by atoms with Crippen LogP contribution in [0.1, 0.15) is 16.8 Å². The van der Waals surface area contributed by atoms with E-state index in [0.717, 1.165) is 46.6 Å². The molecule has 1 saturated heterocycles. The Kier molecular flexibility index (Phi) is 5.25. The van der Waals surface area contributed by atoms with E-state index in [1.54, 1.807) is 12.3 Å². The highest BCUT2D eigenvalue weighted by Crippen LogP contribution is 2.24. The minimum atomic E-state index is -0.307. The lowest BCUT2D eigenvalue weighted by Gasteiger charge is -2.29. The predicted octanol–water partition coefficient (Wildman–Crippen LogP) is 2.71. The van der Waals surface area contributed by atoms with E-state index in [2.05, 4.69) is 20.2 Å². The number of benzene rings is 1. The zero-order valence-corrected chi connectivity index (χ0v) is 15.8. The summed E-state index contributed by atoms with van der Waals surface area (Å²) in [6, 6.07) is 8.43. The molecule has 1 aliphatic rings. The van der Waals surface area contributed by atoms with Crippen molar-refractivity contribution in [1.29, 1.82) is 0 Å². The van der Waals surface area contributed by atoms with Crippen molar-refractivity contribution in [3.8, 4) is 0 Å². The lowest BCUT2D eigenvalue weighted by Crippen LogP contribution is -2.38. The standard InChI is InChI=1S/C21H23FN4O2/c1-14-17(18-11-16(22)4-5-19(18)25-14)12-20(27)24-13-15-3-2-6-23-21(15)26-7-9-28-10-8-26/h2-6,11,25H,7-10,12-13H2,1H3,(H,24,27). The Morgan fingerprint density at radius 3 is 2.96 bits per heavy atom. The van der Waals surface area contributed by atoms with Crippen LogP contribution in [0.15, 0.2) is 36.5 Å². The van der Waals surface area contributed by atoms with Gasteiger partial charge in [-0.2, -0.15) is 0 Å². The van der Waals surface area contributed by atoms with Crippen molar-refractivity contribution in [2.24, 2.45) is 0 Å². The Morgan fingerprint density at radius 1 is 1.32 bits per heavy atom. The largest absolute Gasteiger partial charge is 0.378 e. The van der Waals surface area contributed by atoms with Crippen LogP contribution in [0.3, 0.4) is 0 Å². The fourth-order valence-electron chi connectivity index (χ4n) is 3.63. The van der Waals surface area contributed by atoms with Crippen molar-refractivity contribution < 1.29 is 13.9 Å². The van der Waals surface area contributed by atoms with Crippen molar-refractivity contribution in [1.82, 2.24) is 15.3 Å². The molecule has 0 aliphatic carbocycles. The third-order valence-electron chi connectivity index (χ3n) is 5.07. The van der Waals surface area contributed by atoms with Crippen molar-refractivity contribution in [2.45, 2.75) is 19.9 Å². The minimum absolute atomic E-state index is 0.106. The van der Waals surface area contributed by atoms with Crippen LogP contribution in [0.25, 0.3) is 10.9 Å². The average Bonchev–Trinajstić information content (AvgIpc) is 3.02. The molecule has 1 aromatic carbocycles. The first kappa shape index (κ1) is 18.4. The van der Waals surface area contributed by atoms with Crippen LogP contribution >= 0.6 is 0 Å². The first-order chi connectivity index (χ1) is 13.6. The number of hydrogen-bond acceptors (Lipinski definition) is 4. The smallest absolute Gasteiger partial charge is 0.224 e. The van der Waals surface area contributed by atoms with E-state index in [4.69, 9.17) is 4.74 Å². The molecule has 4 rings (SSSR count). The maximum Gasteiger partial charge on any atom is 0.224 e. The molecule has 28 heavy (non-hydrogen) atoms. The molecule has 146 valence electrons. The van der Waals surface area contributed by atoms with Gasteiger partial charge in [-0.1, -0.05) is 6.07 Å². The Morgan fingerprint density at radius 2 is 2.14 bits per heavy atom. The number of aromatic nitrogens is 2. The van der Waals surface area contributed by atoms with E-state index in [0.29, 0.717) is 19.8 Å². The molecule has 0 unspecified atom stereocenters. The number of halogens is 1. The second-order valence-electron chi connectivity index (χ2n) is 6.96. The third kappa shape index (κ3) is 3.84. The quantitative estimate of drug-likeness (QED) is 0.712. The van der Waals surface area contributed by atoms with Gasteiger partial charge in [-0.15, -0.1) is 0 Å². The van der Waals surface area contributed by atoms with Gasteiger partial charge in [0.25, 0.3) is 0 Å². The summed E-state index contributed by atoms with van der Waals surface area (Å²) >= 11 is 0. The van der Waals surface area contributed by atoms with E-state index in [1.807, 2.05) is 19.1 Å². The monoisotopic (exact) mass is 382 g/mol. The number of carbonyl (C=O) groups excluding carboxylic acids is 1. The lowest BCUT2D eigenvalue weighted by molar-refractivity contribution is -0.120. The summed E-state index contributed by atoms with van der Waals surface area (Å²) in [6.45, 7) is 5.24. The van der Waals surface area contributed by atoms with E-state index in [-0.39, 0.29) is 18.1 Å². The molecule has 0 spiro atoms. The highest BCUT2D eigenvalue weighted by Gasteiger charge is 2.17. The maximum atomic E-state index is 13.6. The summed E-state index contributed by atoms with van der Waals surface area (Å²) < 4.78 is 19.0. The number of hydrogen-bond donors (Lipinski definition) is 2. The zero-order chi connectivity index (χ0) is 19.5. The zero-order valence-electron chi connectivity index (χ0n) is 15.8. The van der Waals surface area contributed by atoms with Crippen LogP contribution in [0.2, 0.25) is 0 Å². The molecule has 1 fully saturated rings. The van der Waals surface area contributed by atoms with Crippen molar-refractivity contribution in [2.75, 3.05) is 31.2 Å². The Labute approximate surface area is 162 Å². The number of ether oxygens (including phenoxy) is 1. The molecule has 2 N–H and O–H groups in total. The molecule has 0 atom stereocenters. The van der Waals surface area contributed by atoms with Crippen LogP contribution in [0.4, 0.5) is 10.2 Å². The predicted molar refractivity (Wildman–Crippen MR) is 106 cm³/mol. The van der Waals surface area contributed by atoms with Gasteiger partial charge < -0.3 is 19.9 Å². The van der Waals surface area contributed by atoms with Gasteiger partial charge in [0.1, 0.15) is 11.6 Å². The maximum absolute atomic E-state index is 13.6. The van der Waals surface area contributed by atoms with E-state index < -0.39 is 0 Å². The number of aryl methyl sites for hydroxylation is 1. The molecule has 2 aromatic heterocycles. The summed E-state index contributed by atoms with van der Waals surface area (Å²) in [7, 11) is 0. The number of nitrogens with one attached hydrogen (secondary N) is 2. The van der Waals surface area contributed by atoms with Crippen LogP contribution in [-0.4, -0.2) is 42.2 Å². The number of rotatable bonds is 5. The molecular weight excluding hydrogens is 359 g/mol. The van der Waals surface area contributed by atoms with E-state index >= 15 is 0 Å². The Bertz CT molecular complexity index is 995. The summed E-state index contributed by atoms with van der Waals surface area (Å²) in [5, 5.41) is 3.73. The van der Waals surface area contributed by atoms with E-state index in [9.17, 15) is 9.18 Å².